The molecule has 138 valence electrons. The van der Waals surface area contributed by atoms with Crippen LogP contribution in [0, 0.1) is 0 Å². The Morgan fingerprint density at radius 1 is 0.913 bits per heavy atom. The first-order valence-electron chi connectivity index (χ1n) is 8.81. The molecule has 0 aliphatic heterocycles. The number of rotatable bonds is 15. The van der Waals surface area contributed by atoms with Gasteiger partial charge in [0.2, 0.25) is 0 Å². The highest BCUT2D eigenvalue weighted by molar-refractivity contribution is 7.46. The molecule has 0 aliphatic rings. The third kappa shape index (κ3) is 14.9. The number of hydrogen-bond donors (Lipinski definition) is 2. The summed E-state index contributed by atoms with van der Waals surface area (Å²) in [6.45, 7) is 4.40. The van der Waals surface area contributed by atoms with Gasteiger partial charge in [0.15, 0.2) is 6.10 Å². The summed E-state index contributed by atoms with van der Waals surface area (Å²) in [5, 5.41) is 0. The Labute approximate surface area is 140 Å². The zero-order valence-corrected chi connectivity index (χ0v) is 15.4. The normalized spacial score (nSPS) is 13.0. The minimum absolute atomic E-state index is 0.262. The van der Waals surface area contributed by atoms with Gasteiger partial charge in [-0.05, 0) is 12.8 Å². The molecule has 0 spiro atoms. The van der Waals surface area contributed by atoms with Crippen LogP contribution in [-0.2, 0) is 18.6 Å². The molecule has 0 radical (unpaired) electrons. The molecule has 0 aliphatic carbocycles. The molecular formula is C16H33O6P. The van der Waals surface area contributed by atoms with Crippen LogP contribution in [0.3, 0.4) is 0 Å². The van der Waals surface area contributed by atoms with E-state index in [1.54, 1.807) is 0 Å². The van der Waals surface area contributed by atoms with Gasteiger partial charge in [0.05, 0.1) is 6.61 Å². The van der Waals surface area contributed by atoms with E-state index in [2.05, 4.69) is 11.4 Å². The monoisotopic (exact) mass is 352 g/mol. The largest absolute Gasteiger partial charge is 0.470 e. The van der Waals surface area contributed by atoms with E-state index in [1.807, 2.05) is 6.92 Å². The topological polar surface area (TPSA) is 93.1 Å². The summed E-state index contributed by atoms with van der Waals surface area (Å²) in [6, 6.07) is 0. The summed E-state index contributed by atoms with van der Waals surface area (Å²) in [7, 11) is -4.68. The van der Waals surface area contributed by atoms with E-state index in [4.69, 9.17) is 14.5 Å². The molecule has 7 heteroatoms. The molecule has 1 atom stereocenters. The van der Waals surface area contributed by atoms with Crippen molar-refractivity contribution < 1.29 is 28.4 Å². The van der Waals surface area contributed by atoms with E-state index in [9.17, 15) is 9.36 Å². The van der Waals surface area contributed by atoms with Gasteiger partial charge in [0.25, 0.3) is 0 Å². The van der Waals surface area contributed by atoms with Gasteiger partial charge in [0, 0.05) is 0 Å². The van der Waals surface area contributed by atoms with Gasteiger partial charge in [-0.1, -0.05) is 71.6 Å². The Hall–Kier alpha value is -0.420. The Bertz CT molecular complexity index is 341. The molecular weight excluding hydrogens is 319 g/mol. The van der Waals surface area contributed by atoms with Crippen LogP contribution in [0.1, 0.15) is 84.5 Å². The van der Waals surface area contributed by atoms with Crippen LogP contribution in [0.4, 0.5) is 0 Å². The molecule has 0 amide bonds. The lowest BCUT2D eigenvalue weighted by molar-refractivity contribution is -0.153. The van der Waals surface area contributed by atoms with Gasteiger partial charge in [0.1, 0.15) is 0 Å². The third-order valence-electron chi connectivity index (χ3n) is 3.59. The highest BCUT2D eigenvalue weighted by Gasteiger charge is 2.28. The highest BCUT2D eigenvalue weighted by atomic mass is 31.2. The lowest BCUT2D eigenvalue weighted by atomic mass is 10.1. The fourth-order valence-electron chi connectivity index (χ4n) is 2.27. The summed E-state index contributed by atoms with van der Waals surface area (Å²) < 4.78 is 20.5. The van der Waals surface area contributed by atoms with E-state index in [0.29, 0.717) is 6.42 Å². The summed E-state index contributed by atoms with van der Waals surface area (Å²) in [4.78, 5) is 29.5. The third-order valence-corrected chi connectivity index (χ3v) is 4.12. The van der Waals surface area contributed by atoms with E-state index in [1.165, 1.54) is 32.1 Å². The van der Waals surface area contributed by atoms with E-state index < -0.39 is 19.9 Å². The predicted molar refractivity (Wildman–Crippen MR) is 90.0 cm³/mol. The van der Waals surface area contributed by atoms with Crippen LogP contribution in [0.25, 0.3) is 0 Å². The smallest absolute Gasteiger partial charge is 0.464 e. The van der Waals surface area contributed by atoms with Gasteiger partial charge in [-0.15, -0.1) is 0 Å². The first kappa shape index (κ1) is 22.6. The minimum atomic E-state index is -4.68. The zero-order chi connectivity index (χ0) is 17.6. The Morgan fingerprint density at radius 2 is 1.43 bits per heavy atom. The summed E-state index contributed by atoms with van der Waals surface area (Å²) in [5.41, 5.74) is 0. The highest BCUT2D eigenvalue weighted by Crippen LogP contribution is 2.38. The maximum atomic E-state index is 11.8. The van der Waals surface area contributed by atoms with Crippen LogP contribution in [0.5, 0.6) is 0 Å². The number of phosphoric acid groups is 1. The SMILES string of the molecule is CCCCCCCCCCOC(=O)C(CCCC)OP(=O)(O)O. The molecule has 0 saturated heterocycles. The first-order valence-corrected chi connectivity index (χ1v) is 10.3. The maximum absolute atomic E-state index is 11.8. The van der Waals surface area contributed by atoms with Crippen molar-refractivity contribution in [3.05, 3.63) is 0 Å². The van der Waals surface area contributed by atoms with Crippen molar-refractivity contribution >= 4 is 13.8 Å². The van der Waals surface area contributed by atoms with Crippen LogP contribution in [0.15, 0.2) is 0 Å². The average Bonchev–Trinajstić information content (AvgIpc) is 2.48. The van der Waals surface area contributed by atoms with Gasteiger partial charge in [-0.2, -0.15) is 0 Å². The Kier molecular flexibility index (Phi) is 13.7. The fraction of sp³-hybridized carbons (Fsp3) is 0.938. The molecule has 6 nitrogen and oxygen atoms in total. The van der Waals surface area contributed by atoms with Gasteiger partial charge < -0.3 is 14.5 Å². The minimum Gasteiger partial charge on any atom is -0.464 e. The number of unbranched alkanes of at least 4 members (excludes halogenated alkanes) is 8. The van der Waals surface area contributed by atoms with E-state index in [0.717, 1.165) is 25.7 Å². The second-order valence-corrected chi connectivity index (χ2v) is 7.06. The van der Waals surface area contributed by atoms with Crippen molar-refractivity contribution in [2.45, 2.75) is 90.6 Å². The first-order chi connectivity index (χ1) is 10.9. The van der Waals surface area contributed by atoms with Crippen LogP contribution >= 0.6 is 7.82 Å². The molecule has 0 heterocycles. The van der Waals surface area contributed by atoms with Crippen molar-refractivity contribution in [1.29, 1.82) is 0 Å². The molecule has 2 N–H and O–H groups in total. The number of ether oxygens (including phenoxy) is 1. The molecule has 0 aromatic carbocycles. The molecule has 0 rings (SSSR count). The molecule has 0 saturated carbocycles. The maximum Gasteiger partial charge on any atom is 0.470 e. The summed E-state index contributed by atoms with van der Waals surface area (Å²) in [5.74, 6) is -0.676. The Morgan fingerprint density at radius 3 is 1.96 bits per heavy atom. The Balaban J connectivity index is 3.83. The van der Waals surface area contributed by atoms with Crippen LogP contribution < -0.4 is 0 Å². The standard InChI is InChI=1S/C16H33O6P/c1-3-5-7-8-9-10-11-12-14-21-16(17)15(13-6-4-2)22-23(18,19)20/h15H,3-14H2,1-2H3,(H2,18,19,20). The predicted octanol–water partition coefficient (Wildman–Crippen LogP) is 4.34. The lowest BCUT2D eigenvalue weighted by Crippen LogP contribution is -2.26. The fourth-order valence-corrected chi connectivity index (χ4v) is 2.79. The molecule has 0 fully saturated rings. The van der Waals surface area contributed by atoms with Crippen molar-refractivity contribution in [3.63, 3.8) is 0 Å². The van der Waals surface area contributed by atoms with Crippen molar-refractivity contribution in [1.82, 2.24) is 0 Å². The molecule has 1 unspecified atom stereocenters. The zero-order valence-electron chi connectivity index (χ0n) is 14.5. The second-order valence-electron chi connectivity index (χ2n) is 5.87. The van der Waals surface area contributed by atoms with Crippen molar-refractivity contribution in [2.75, 3.05) is 6.61 Å². The summed E-state index contributed by atoms with van der Waals surface area (Å²) >= 11 is 0. The van der Waals surface area contributed by atoms with Crippen LogP contribution in [-0.4, -0.2) is 28.5 Å². The second kappa shape index (κ2) is 14.0. The molecule has 0 aromatic heterocycles. The number of esters is 1. The van der Waals surface area contributed by atoms with E-state index >= 15 is 0 Å². The lowest BCUT2D eigenvalue weighted by Gasteiger charge is -2.16. The van der Waals surface area contributed by atoms with Gasteiger partial charge in [-0.3, -0.25) is 4.52 Å². The number of phosphoric ester groups is 1. The molecule has 0 bridgehead atoms. The summed E-state index contributed by atoms with van der Waals surface area (Å²) in [6.07, 6.45) is 9.71. The quantitative estimate of drug-likeness (QED) is 0.259. The number of hydrogen-bond acceptors (Lipinski definition) is 4. The molecule has 0 aromatic rings. The average molecular weight is 352 g/mol. The molecule has 23 heavy (non-hydrogen) atoms. The number of carbonyl (C=O) groups excluding carboxylic acids is 1. The van der Waals surface area contributed by atoms with Gasteiger partial charge >= 0.3 is 13.8 Å². The van der Waals surface area contributed by atoms with Gasteiger partial charge in [-0.25, -0.2) is 9.36 Å². The van der Waals surface area contributed by atoms with Crippen LogP contribution in [0.2, 0.25) is 0 Å². The van der Waals surface area contributed by atoms with Crippen molar-refractivity contribution in [2.24, 2.45) is 0 Å². The van der Waals surface area contributed by atoms with E-state index in [-0.39, 0.29) is 13.0 Å². The number of carbonyl (C=O) groups is 1. The van der Waals surface area contributed by atoms with Crippen molar-refractivity contribution in [3.8, 4) is 0 Å².